The van der Waals surface area contributed by atoms with Crippen LogP contribution >= 0.6 is 12.4 Å². The highest BCUT2D eigenvalue weighted by Crippen LogP contribution is 2.27. The number of nitrogens with zero attached hydrogens (tertiary/aromatic N) is 3. The second-order valence-corrected chi connectivity index (χ2v) is 5.42. The summed E-state index contributed by atoms with van der Waals surface area (Å²) in [6.45, 7) is 5.28. The topological polar surface area (TPSA) is 21.1 Å². The molecule has 1 heterocycles. The summed E-state index contributed by atoms with van der Waals surface area (Å²) >= 11 is 0. The van der Waals surface area contributed by atoms with E-state index in [0.29, 0.717) is 0 Å². The first-order chi connectivity index (χ1) is 8.99. The third-order valence-corrected chi connectivity index (χ3v) is 3.57. The van der Waals surface area contributed by atoms with Gasteiger partial charge in [0.25, 0.3) is 0 Å². The molecule has 0 aliphatic heterocycles. The van der Waals surface area contributed by atoms with Crippen molar-refractivity contribution >= 4 is 12.4 Å². The van der Waals surface area contributed by atoms with Crippen LogP contribution in [0, 0.1) is 13.8 Å². The SMILES string of the molecule is Cc1nn(C)c(C)c1-c1cccc(CCN(C)C)c1.Cl. The minimum absolute atomic E-state index is 0. The molecule has 0 bridgehead atoms. The van der Waals surface area contributed by atoms with Gasteiger partial charge in [0.1, 0.15) is 0 Å². The second-order valence-electron chi connectivity index (χ2n) is 5.42. The van der Waals surface area contributed by atoms with E-state index in [4.69, 9.17) is 0 Å². The molecule has 0 amide bonds. The highest BCUT2D eigenvalue weighted by molar-refractivity contribution is 5.85. The number of rotatable bonds is 4. The number of aryl methyl sites for hydroxylation is 2. The quantitative estimate of drug-likeness (QED) is 0.863. The number of halogens is 1. The Morgan fingerprint density at radius 2 is 1.90 bits per heavy atom. The molecule has 0 atom stereocenters. The Kier molecular flexibility index (Phi) is 5.78. The maximum absolute atomic E-state index is 4.50. The van der Waals surface area contributed by atoms with Gasteiger partial charge in [-0.15, -0.1) is 12.4 Å². The van der Waals surface area contributed by atoms with E-state index in [2.05, 4.69) is 62.2 Å². The molecule has 1 aromatic heterocycles. The average Bonchev–Trinajstić information content (AvgIpc) is 2.61. The summed E-state index contributed by atoms with van der Waals surface area (Å²) < 4.78 is 1.96. The van der Waals surface area contributed by atoms with Gasteiger partial charge in [-0.25, -0.2) is 0 Å². The molecule has 0 aliphatic rings. The van der Waals surface area contributed by atoms with E-state index in [1.807, 2.05) is 11.7 Å². The van der Waals surface area contributed by atoms with Crippen LogP contribution in [-0.2, 0) is 13.5 Å². The van der Waals surface area contributed by atoms with Crippen molar-refractivity contribution < 1.29 is 0 Å². The number of hydrogen-bond donors (Lipinski definition) is 0. The third-order valence-electron chi connectivity index (χ3n) is 3.57. The van der Waals surface area contributed by atoms with Crippen LogP contribution in [0.1, 0.15) is 17.0 Å². The molecule has 0 aliphatic carbocycles. The van der Waals surface area contributed by atoms with Crippen molar-refractivity contribution in [2.24, 2.45) is 7.05 Å². The van der Waals surface area contributed by atoms with E-state index in [0.717, 1.165) is 18.7 Å². The maximum Gasteiger partial charge on any atom is 0.0674 e. The van der Waals surface area contributed by atoms with Gasteiger partial charge in [-0.3, -0.25) is 4.68 Å². The summed E-state index contributed by atoms with van der Waals surface area (Å²) in [6, 6.07) is 8.82. The van der Waals surface area contributed by atoms with E-state index >= 15 is 0 Å². The summed E-state index contributed by atoms with van der Waals surface area (Å²) in [4.78, 5) is 2.22. The largest absolute Gasteiger partial charge is 0.309 e. The lowest BCUT2D eigenvalue weighted by Gasteiger charge is -2.10. The zero-order valence-electron chi connectivity index (χ0n) is 13.0. The number of benzene rings is 1. The molecule has 4 heteroatoms. The molecule has 0 spiro atoms. The number of likely N-dealkylation sites (N-methyl/N-ethyl adjacent to an activating group) is 1. The third kappa shape index (κ3) is 3.62. The van der Waals surface area contributed by atoms with Gasteiger partial charge >= 0.3 is 0 Å². The Hall–Kier alpha value is -1.32. The molecule has 110 valence electrons. The van der Waals surface area contributed by atoms with Crippen molar-refractivity contribution in [3.05, 3.63) is 41.2 Å². The molecule has 0 saturated carbocycles. The first-order valence-electron chi connectivity index (χ1n) is 6.73. The first-order valence-corrected chi connectivity index (χ1v) is 6.73. The van der Waals surface area contributed by atoms with E-state index < -0.39 is 0 Å². The van der Waals surface area contributed by atoms with Crippen molar-refractivity contribution in [3.8, 4) is 11.1 Å². The summed E-state index contributed by atoms with van der Waals surface area (Å²) in [5.41, 5.74) is 6.26. The van der Waals surface area contributed by atoms with E-state index in [1.165, 1.54) is 22.4 Å². The molecule has 1 aromatic carbocycles. The van der Waals surface area contributed by atoms with Gasteiger partial charge in [0.05, 0.1) is 5.69 Å². The van der Waals surface area contributed by atoms with Crippen LogP contribution in [0.5, 0.6) is 0 Å². The lowest BCUT2D eigenvalue weighted by Crippen LogP contribution is -2.15. The van der Waals surface area contributed by atoms with Gasteiger partial charge in [-0.2, -0.15) is 5.10 Å². The normalized spacial score (nSPS) is 10.7. The van der Waals surface area contributed by atoms with Crippen LogP contribution < -0.4 is 0 Å². The molecule has 20 heavy (non-hydrogen) atoms. The van der Waals surface area contributed by atoms with Crippen molar-refractivity contribution in [2.45, 2.75) is 20.3 Å². The van der Waals surface area contributed by atoms with Gasteiger partial charge in [-0.1, -0.05) is 24.3 Å². The maximum atomic E-state index is 4.50. The Labute approximate surface area is 128 Å². The van der Waals surface area contributed by atoms with Crippen LogP contribution in [0.3, 0.4) is 0 Å². The van der Waals surface area contributed by atoms with E-state index in [-0.39, 0.29) is 12.4 Å². The summed E-state index contributed by atoms with van der Waals surface area (Å²) in [5.74, 6) is 0. The van der Waals surface area contributed by atoms with Gasteiger partial charge in [0.2, 0.25) is 0 Å². The Morgan fingerprint density at radius 1 is 1.20 bits per heavy atom. The Balaban J connectivity index is 0.00000200. The van der Waals surface area contributed by atoms with Gasteiger partial charge in [0, 0.05) is 24.8 Å². The van der Waals surface area contributed by atoms with Gasteiger partial charge in [-0.05, 0) is 45.5 Å². The Bertz CT molecular complexity index is 573. The molecule has 2 aromatic rings. The summed E-state index contributed by atoms with van der Waals surface area (Å²) in [7, 11) is 6.22. The second kappa shape index (κ2) is 6.91. The molecule has 2 rings (SSSR count). The Morgan fingerprint density at radius 3 is 2.45 bits per heavy atom. The highest BCUT2D eigenvalue weighted by atomic mass is 35.5. The van der Waals surface area contributed by atoms with Crippen molar-refractivity contribution in [1.29, 1.82) is 0 Å². The smallest absolute Gasteiger partial charge is 0.0674 e. The van der Waals surface area contributed by atoms with Crippen molar-refractivity contribution in [2.75, 3.05) is 20.6 Å². The van der Waals surface area contributed by atoms with Gasteiger partial charge in [0.15, 0.2) is 0 Å². The lowest BCUT2D eigenvalue weighted by molar-refractivity contribution is 0.413. The molecule has 0 radical (unpaired) electrons. The molecule has 0 N–H and O–H groups in total. The molecular weight excluding hydrogens is 270 g/mol. The lowest BCUT2D eigenvalue weighted by atomic mass is 10.0. The van der Waals surface area contributed by atoms with Crippen LogP contribution in [0.25, 0.3) is 11.1 Å². The monoisotopic (exact) mass is 293 g/mol. The summed E-state index contributed by atoms with van der Waals surface area (Å²) in [6.07, 6.45) is 1.08. The van der Waals surface area contributed by atoms with Crippen molar-refractivity contribution in [3.63, 3.8) is 0 Å². The fraction of sp³-hybridized carbons (Fsp3) is 0.438. The number of hydrogen-bond acceptors (Lipinski definition) is 2. The zero-order chi connectivity index (χ0) is 14.0. The molecular formula is C16H24ClN3. The van der Waals surface area contributed by atoms with E-state index in [9.17, 15) is 0 Å². The fourth-order valence-corrected chi connectivity index (χ4v) is 2.43. The van der Waals surface area contributed by atoms with Gasteiger partial charge < -0.3 is 4.90 Å². The fourth-order valence-electron chi connectivity index (χ4n) is 2.43. The molecule has 3 nitrogen and oxygen atoms in total. The molecule has 0 unspecified atom stereocenters. The first kappa shape index (κ1) is 16.7. The van der Waals surface area contributed by atoms with Crippen LogP contribution in [0.15, 0.2) is 24.3 Å². The standard InChI is InChI=1S/C16H23N3.ClH/c1-12-16(13(2)19(5)17-12)15-8-6-7-14(11-15)9-10-18(3)4;/h6-8,11H,9-10H2,1-5H3;1H. The van der Waals surface area contributed by atoms with Crippen LogP contribution in [-0.4, -0.2) is 35.3 Å². The predicted octanol–water partition coefficient (Wildman–Crippen LogP) is 3.23. The molecule has 0 fully saturated rings. The van der Waals surface area contributed by atoms with E-state index in [1.54, 1.807) is 0 Å². The highest BCUT2D eigenvalue weighted by Gasteiger charge is 2.11. The van der Waals surface area contributed by atoms with Crippen molar-refractivity contribution in [1.82, 2.24) is 14.7 Å². The van der Waals surface area contributed by atoms with Crippen LogP contribution in [0.4, 0.5) is 0 Å². The minimum Gasteiger partial charge on any atom is -0.309 e. The minimum atomic E-state index is 0. The molecule has 0 saturated heterocycles. The zero-order valence-corrected chi connectivity index (χ0v) is 13.8. The summed E-state index contributed by atoms with van der Waals surface area (Å²) in [5, 5.41) is 4.50. The number of aromatic nitrogens is 2. The predicted molar refractivity (Wildman–Crippen MR) is 87.6 cm³/mol. The average molecular weight is 294 g/mol. The van der Waals surface area contributed by atoms with Crippen LogP contribution in [0.2, 0.25) is 0 Å².